The molecule has 0 radical (unpaired) electrons. The van der Waals surface area contributed by atoms with Crippen molar-refractivity contribution in [3.63, 3.8) is 0 Å². The van der Waals surface area contributed by atoms with E-state index < -0.39 is 53.0 Å². The molecule has 0 unspecified atom stereocenters. The van der Waals surface area contributed by atoms with E-state index in [1.54, 1.807) is 4.90 Å². The molecule has 7 nitrogen and oxygen atoms in total. The van der Waals surface area contributed by atoms with Gasteiger partial charge in [0.1, 0.15) is 5.82 Å². The van der Waals surface area contributed by atoms with Crippen molar-refractivity contribution >= 4 is 23.5 Å². The van der Waals surface area contributed by atoms with Crippen LogP contribution in [0.2, 0.25) is 0 Å². The van der Waals surface area contributed by atoms with Crippen molar-refractivity contribution in [1.82, 2.24) is 14.7 Å². The number of anilines is 1. The van der Waals surface area contributed by atoms with Crippen molar-refractivity contribution < 1.29 is 45.1 Å². The first-order chi connectivity index (χ1) is 21.5. The first-order valence-corrected chi connectivity index (χ1v) is 15.2. The number of carbonyl (C=O) groups excluding carboxylic acids is 3. The van der Waals surface area contributed by atoms with Gasteiger partial charge in [0, 0.05) is 63.7 Å². The normalized spacial score (nSPS) is 24.0. The Kier molecular flexibility index (Phi) is 9.29. The highest BCUT2D eigenvalue weighted by Gasteiger charge is 2.44. The molecule has 250 valence electrons. The van der Waals surface area contributed by atoms with E-state index in [9.17, 15) is 45.1 Å². The number of urea groups is 1. The SMILES string of the molecule is CN(C(=O)N(C)[C@@H]1CN(C(=O)[C@H]2CC[C@H](N3CCCC3=O)CC2)C[C@H]1c1ccc(F)cc1)c1cc(C(F)(F)F)cc(C(F)(F)F)c1. The first kappa shape index (κ1) is 33.5. The second-order valence-electron chi connectivity index (χ2n) is 12.4. The van der Waals surface area contributed by atoms with Gasteiger partial charge in [0.05, 0.1) is 17.2 Å². The predicted octanol–water partition coefficient (Wildman–Crippen LogP) is 6.53. The number of nitrogens with zero attached hydrogens (tertiary/aromatic N) is 4. The quantitative estimate of drug-likeness (QED) is 0.344. The molecular weight excluding hydrogens is 621 g/mol. The van der Waals surface area contributed by atoms with E-state index in [1.165, 1.54) is 36.2 Å². The van der Waals surface area contributed by atoms with E-state index in [0.29, 0.717) is 49.8 Å². The van der Waals surface area contributed by atoms with Gasteiger partial charge in [-0.15, -0.1) is 0 Å². The Labute approximate surface area is 261 Å². The van der Waals surface area contributed by atoms with Gasteiger partial charge in [-0.05, 0) is 68.0 Å². The number of carbonyl (C=O) groups is 3. The highest BCUT2D eigenvalue weighted by Crippen LogP contribution is 2.40. The summed E-state index contributed by atoms with van der Waals surface area (Å²) in [4.78, 5) is 45.0. The second-order valence-corrected chi connectivity index (χ2v) is 12.4. The number of likely N-dealkylation sites (tertiary alicyclic amines) is 2. The van der Waals surface area contributed by atoms with E-state index in [2.05, 4.69) is 0 Å². The van der Waals surface area contributed by atoms with Crippen LogP contribution in [0.4, 0.5) is 41.2 Å². The lowest BCUT2D eigenvalue weighted by Gasteiger charge is -2.35. The van der Waals surface area contributed by atoms with Gasteiger partial charge >= 0.3 is 18.4 Å². The molecule has 0 spiro atoms. The maximum atomic E-state index is 13.8. The molecule has 2 aromatic rings. The molecule has 46 heavy (non-hydrogen) atoms. The Hall–Kier alpha value is -3.84. The molecule has 5 rings (SSSR count). The summed E-state index contributed by atoms with van der Waals surface area (Å²) < 4.78 is 94.8. The third-order valence-electron chi connectivity index (χ3n) is 9.54. The van der Waals surface area contributed by atoms with Crippen LogP contribution in [0.1, 0.15) is 61.1 Å². The molecule has 3 fully saturated rings. The molecule has 2 aromatic carbocycles. The van der Waals surface area contributed by atoms with Crippen LogP contribution in [0.25, 0.3) is 0 Å². The van der Waals surface area contributed by atoms with Crippen LogP contribution < -0.4 is 4.90 Å². The smallest absolute Gasteiger partial charge is 0.340 e. The molecule has 2 saturated heterocycles. The lowest BCUT2D eigenvalue weighted by Crippen LogP contribution is -2.48. The lowest BCUT2D eigenvalue weighted by atomic mass is 9.84. The third kappa shape index (κ3) is 6.95. The summed E-state index contributed by atoms with van der Waals surface area (Å²) in [5.41, 5.74) is -3.08. The molecule has 3 aliphatic rings. The van der Waals surface area contributed by atoms with Crippen LogP contribution in [-0.4, -0.2) is 78.4 Å². The fourth-order valence-corrected chi connectivity index (χ4v) is 6.97. The van der Waals surface area contributed by atoms with E-state index >= 15 is 0 Å². The molecule has 0 bridgehead atoms. The van der Waals surface area contributed by atoms with Crippen LogP contribution in [0.3, 0.4) is 0 Å². The van der Waals surface area contributed by atoms with Crippen molar-refractivity contribution in [2.75, 3.05) is 38.6 Å². The number of likely N-dealkylation sites (N-methyl/N-ethyl adjacent to an activating group) is 1. The number of amides is 4. The van der Waals surface area contributed by atoms with Gasteiger partial charge < -0.3 is 14.7 Å². The third-order valence-corrected chi connectivity index (χ3v) is 9.54. The van der Waals surface area contributed by atoms with E-state index in [0.717, 1.165) is 24.9 Å². The minimum atomic E-state index is -5.09. The molecule has 2 heterocycles. The van der Waals surface area contributed by atoms with Crippen LogP contribution in [0.5, 0.6) is 0 Å². The molecule has 4 amide bonds. The zero-order valence-electron chi connectivity index (χ0n) is 25.4. The van der Waals surface area contributed by atoms with Crippen molar-refractivity contribution in [2.45, 2.75) is 68.9 Å². The number of halogens is 7. The maximum Gasteiger partial charge on any atom is 0.416 e. The fourth-order valence-electron chi connectivity index (χ4n) is 6.97. The van der Waals surface area contributed by atoms with Gasteiger partial charge in [-0.1, -0.05) is 12.1 Å². The van der Waals surface area contributed by atoms with Gasteiger partial charge in [-0.25, -0.2) is 9.18 Å². The summed E-state index contributed by atoms with van der Waals surface area (Å²) in [6.07, 6.45) is -6.24. The molecule has 0 aromatic heterocycles. The van der Waals surface area contributed by atoms with E-state index in [4.69, 9.17) is 0 Å². The Bertz CT molecular complexity index is 1420. The topological polar surface area (TPSA) is 64.2 Å². The number of alkyl halides is 6. The van der Waals surface area contributed by atoms with Crippen LogP contribution in [-0.2, 0) is 21.9 Å². The Morgan fingerprint density at radius 1 is 0.848 bits per heavy atom. The molecule has 2 aliphatic heterocycles. The molecule has 0 N–H and O–H groups in total. The van der Waals surface area contributed by atoms with Gasteiger partial charge in [-0.2, -0.15) is 26.3 Å². The standard InChI is InChI=1S/C32H35F7N4O3/c1-40(25-15-21(31(34,35)36)14-22(16-25)32(37,38)39)30(46)41(2)27-18-42(17-26(27)19-5-9-23(33)10-6-19)29(45)20-7-11-24(12-8-20)43-13-3-4-28(43)44/h5-6,9-10,14-16,20,24,26-27H,3-4,7-8,11-13,17-18H2,1-2H3/t20-,24-,26-,27+/m0/s1. The molecule has 1 aliphatic carbocycles. The maximum absolute atomic E-state index is 13.8. The van der Waals surface area contributed by atoms with Crippen molar-refractivity contribution in [2.24, 2.45) is 5.92 Å². The summed E-state index contributed by atoms with van der Waals surface area (Å²) in [6.45, 7) is 0.975. The second kappa shape index (κ2) is 12.7. The molecule has 2 atom stereocenters. The highest BCUT2D eigenvalue weighted by atomic mass is 19.4. The Morgan fingerprint density at radius 2 is 1.43 bits per heavy atom. The number of benzene rings is 2. The van der Waals surface area contributed by atoms with E-state index in [1.807, 2.05) is 4.90 Å². The monoisotopic (exact) mass is 656 g/mol. The Morgan fingerprint density at radius 3 is 1.96 bits per heavy atom. The summed E-state index contributed by atoms with van der Waals surface area (Å²) in [5.74, 6) is -1.28. The minimum absolute atomic E-state index is 0.00692. The van der Waals surface area contributed by atoms with Gasteiger partial charge in [0.15, 0.2) is 0 Å². The number of hydrogen-bond donors (Lipinski definition) is 0. The molecule has 14 heteroatoms. The average molecular weight is 657 g/mol. The number of rotatable bonds is 5. The number of hydrogen-bond acceptors (Lipinski definition) is 3. The lowest BCUT2D eigenvalue weighted by molar-refractivity contribution is -0.143. The Balaban J connectivity index is 1.36. The van der Waals surface area contributed by atoms with Crippen molar-refractivity contribution in [3.8, 4) is 0 Å². The summed E-state index contributed by atoms with van der Waals surface area (Å²) in [5, 5.41) is 0. The first-order valence-electron chi connectivity index (χ1n) is 15.2. The minimum Gasteiger partial charge on any atom is -0.340 e. The van der Waals surface area contributed by atoms with Gasteiger partial charge in [0.2, 0.25) is 11.8 Å². The molecule has 1 saturated carbocycles. The van der Waals surface area contributed by atoms with Crippen LogP contribution >= 0.6 is 0 Å². The van der Waals surface area contributed by atoms with Crippen molar-refractivity contribution in [3.05, 3.63) is 65.0 Å². The highest BCUT2D eigenvalue weighted by molar-refractivity contribution is 5.92. The molecular formula is C32H35F7N4O3. The van der Waals surface area contributed by atoms with Gasteiger partial charge in [0.25, 0.3) is 0 Å². The average Bonchev–Trinajstić information content (AvgIpc) is 3.66. The fraction of sp³-hybridized carbons (Fsp3) is 0.531. The zero-order valence-corrected chi connectivity index (χ0v) is 25.4. The van der Waals surface area contributed by atoms with Crippen LogP contribution in [0.15, 0.2) is 42.5 Å². The van der Waals surface area contributed by atoms with Crippen molar-refractivity contribution in [1.29, 1.82) is 0 Å². The predicted molar refractivity (Wildman–Crippen MR) is 154 cm³/mol. The van der Waals surface area contributed by atoms with Gasteiger partial charge in [-0.3, -0.25) is 14.5 Å². The van der Waals surface area contributed by atoms with E-state index in [-0.39, 0.29) is 42.9 Å². The summed E-state index contributed by atoms with van der Waals surface area (Å²) >= 11 is 0. The zero-order chi connectivity index (χ0) is 33.6. The summed E-state index contributed by atoms with van der Waals surface area (Å²) in [6, 6.07) is 5.01. The van der Waals surface area contributed by atoms with Crippen LogP contribution in [0, 0.1) is 11.7 Å². The largest absolute Gasteiger partial charge is 0.416 e. The summed E-state index contributed by atoms with van der Waals surface area (Å²) in [7, 11) is 2.47.